The van der Waals surface area contributed by atoms with E-state index < -0.39 is 11.7 Å². The predicted octanol–water partition coefficient (Wildman–Crippen LogP) is 4.60. The first-order valence-electron chi connectivity index (χ1n) is 6.85. The van der Waals surface area contributed by atoms with Crippen LogP contribution < -0.4 is 5.32 Å². The number of nitrogens with one attached hydrogen (secondary N) is 1. The molecule has 0 saturated carbocycles. The van der Waals surface area contributed by atoms with Crippen molar-refractivity contribution in [3.63, 3.8) is 0 Å². The molecule has 2 heterocycles. The van der Waals surface area contributed by atoms with Crippen LogP contribution in [0.2, 0.25) is 0 Å². The largest absolute Gasteiger partial charge is 0.416 e. The maximum absolute atomic E-state index is 12.7. The number of imidazole rings is 1. The van der Waals surface area contributed by atoms with Gasteiger partial charge in [0.05, 0.1) is 29.1 Å². The Morgan fingerprint density at radius 2 is 2.00 bits per heavy atom. The maximum Gasteiger partial charge on any atom is 0.416 e. The number of anilines is 1. The van der Waals surface area contributed by atoms with Gasteiger partial charge in [-0.2, -0.15) is 18.4 Å². The first-order valence-corrected chi connectivity index (χ1v) is 7.64. The van der Waals surface area contributed by atoms with Gasteiger partial charge in [0.2, 0.25) is 0 Å². The fraction of sp³-hybridized carbons (Fsp3) is 0.125. The maximum atomic E-state index is 12.7. The summed E-state index contributed by atoms with van der Waals surface area (Å²) < 4.78 is 40.8. The van der Waals surface area contributed by atoms with Gasteiger partial charge >= 0.3 is 6.18 Å². The van der Waals surface area contributed by atoms with E-state index >= 15 is 0 Å². The summed E-state index contributed by atoms with van der Waals surface area (Å²) in [6.07, 6.45) is -0.812. The number of halogens is 4. The summed E-state index contributed by atoms with van der Waals surface area (Å²) >= 11 is 3.37. The molecule has 24 heavy (non-hydrogen) atoms. The van der Waals surface area contributed by atoms with E-state index in [9.17, 15) is 13.2 Å². The summed E-state index contributed by atoms with van der Waals surface area (Å²) in [5.41, 5.74) is 0.891. The van der Waals surface area contributed by atoms with Crippen LogP contribution in [0.3, 0.4) is 0 Å². The van der Waals surface area contributed by atoms with Gasteiger partial charge in [-0.25, -0.2) is 4.98 Å². The molecule has 1 N–H and O–H groups in total. The third kappa shape index (κ3) is 3.36. The molecule has 0 atom stereocenters. The molecule has 0 aliphatic heterocycles. The number of fused-ring (bicyclic) bond motifs is 1. The molecule has 122 valence electrons. The number of alkyl halides is 3. The smallest absolute Gasteiger partial charge is 0.378 e. The average molecular weight is 395 g/mol. The van der Waals surface area contributed by atoms with Gasteiger partial charge < -0.3 is 9.72 Å². The fourth-order valence-electron chi connectivity index (χ4n) is 2.26. The number of pyridine rings is 1. The number of hydrogen-bond acceptors (Lipinski definition) is 3. The highest BCUT2D eigenvalue weighted by molar-refractivity contribution is 9.10. The van der Waals surface area contributed by atoms with Crippen molar-refractivity contribution in [2.75, 3.05) is 5.32 Å². The second-order valence-electron chi connectivity index (χ2n) is 5.07. The Morgan fingerprint density at radius 3 is 2.71 bits per heavy atom. The second kappa shape index (κ2) is 6.17. The molecule has 0 aliphatic rings. The molecule has 0 amide bonds. The van der Waals surface area contributed by atoms with Gasteiger partial charge in [-0.1, -0.05) is 0 Å². The molecule has 8 heteroatoms. The molecule has 4 nitrogen and oxygen atoms in total. The second-order valence-corrected chi connectivity index (χ2v) is 5.98. The van der Waals surface area contributed by atoms with E-state index in [2.05, 4.69) is 26.2 Å². The van der Waals surface area contributed by atoms with Crippen molar-refractivity contribution in [3.8, 4) is 6.07 Å². The zero-order valence-corrected chi connectivity index (χ0v) is 13.7. The standard InChI is InChI=1S/C16H10BrF3N4/c17-12-2-4-15-23-13(9-24(15)8-12)7-22-14-3-1-11(16(18,19)20)5-10(14)6-21/h1-5,8-9,22H,7H2. The number of hydrogen-bond donors (Lipinski definition) is 1. The Labute approximate surface area is 143 Å². The zero-order valence-electron chi connectivity index (χ0n) is 12.1. The summed E-state index contributed by atoms with van der Waals surface area (Å²) in [4.78, 5) is 4.40. The fourth-order valence-corrected chi connectivity index (χ4v) is 2.61. The van der Waals surface area contributed by atoms with E-state index in [0.29, 0.717) is 17.9 Å². The Morgan fingerprint density at radius 1 is 1.21 bits per heavy atom. The third-order valence-corrected chi connectivity index (χ3v) is 3.86. The van der Waals surface area contributed by atoms with Crippen molar-refractivity contribution in [2.24, 2.45) is 0 Å². The first-order chi connectivity index (χ1) is 11.4. The van der Waals surface area contributed by atoms with Crippen LogP contribution >= 0.6 is 15.9 Å². The Bertz CT molecular complexity index is 941. The topological polar surface area (TPSA) is 53.1 Å². The molecule has 0 saturated heterocycles. The van der Waals surface area contributed by atoms with Crippen LogP contribution in [0.5, 0.6) is 0 Å². The first kappa shape index (κ1) is 16.3. The molecule has 0 unspecified atom stereocenters. The minimum Gasteiger partial charge on any atom is -0.378 e. The van der Waals surface area contributed by atoms with Crippen molar-refractivity contribution in [2.45, 2.75) is 12.7 Å². The molecule has 0 aliphatic carbocycles. The summed E-state index contributed by atoms with van der Waals surface area (Å²) in [7, 11) is 0. The molecular formula is C16H10BrF3N4. The van der Waals surface area contributed by atoms with Crippen LogP contribution in [0.1, 0.15) is 16.8 Å². The monoisotopic (exact) mass is 394 g/mol. The minimum absolute atomic E-state index is 0.0590. The molecule has 0 spiro atoms. The number of benzene rings is 1. The van der Waals surface area contributed by atoms with E-state index in [4.69, 9.17) is 5.26 Å². The van der Waals surface area contributed by atoms with Gasteiger partial charge in [0.1, 0.15) is 11.7 Å². The van der Waals surface area contributed by atoms with E-state index in [1.807, 2.05) is 28.9 Å². The lowest BCUT2D eigenvalue weighted by Gasteiger charge is -2.10. The SMILES string of the molecule is N#Cc1cc(C(F)(F)F)ccc1NCc1cn2cc(Br)ccc2n1. The van der Waals surface area contributed by atoms with Gasteiger partial charge in [0.25, 0.3) is 0 Å². The van der Waals surface area contributed by atoms with Crippen LogP contribution in [0.25, 0.3) is 5.65 Å². The number of nitriles is 1. The van der Waals surface area contributed by atoms with Crippen LogP contribution in [-0.2, 0) is 12.7 Å². The lowest BCUT2D eigenvalue weighted by molar-refractivity contribution is -0.137. The molecule has 1 aromatic carbocycles. The Kier molecular flexibility index (Phi) is 4.20. The molecule has 2 aromatic heterocycles. The molecule has 3 rings (SSSR count). The lowest BCUT2D eigenvalue weighted by Crippen LogP contribution is -2.07. The molecule has 0 fully saturated rings. The molecule has 0 bridgehead atoms. The van der Waals surface area contributed by atoms with Crippen LogP contribution in [0.15, 0.2) is 47.2 Å². The van der Waals surface area contributed by atoms with Gasteiger partial charge in [-0.3, -0.25) is 0 Å². The highest BCUT2D eigenvalue weighted by Gasteiger charge is 2.31. The van der Waals surface area contributed by atoms with Crippen molar-refractivity contribution < 1.29 is 13.2 Å². The van der Waals surface area contributed by atoms with Crippen LogP contribution in [0.4, 0.5) is 18.9 Å². The minimum atomic E-state index is -4.47. The Balaban J connectivity index is 1.81. The molecule has 3 aromatic rings. The van der Waals surface area contributed by atoms with Crippen molar-refractivity contribution in [1.82, 2.24) is 9.38 Å². The van der Waals surface area contributed by atoms with Gasteiger partial charge in [-0.15, -0.1) is 0 Å². The molecular weight excluding hydrogens is 385 g/mol. The third-order valence-electron chi connectivity index (χ3n) is 3.39. The van der Waals surface area contributed by atoms with E-state index in [0.717, 1.165) is 22.3 Å². The summed E-state index contributed by atoms with van der Waals surface area (Å²) in [5.74, 6) is 0. The van der Waals surface area contributed by atoms with E-state index in [1.54, 1.807) is 6.07 Å². The van der Waals surface area contributed by atoms with Gasteiger partial charge in [0, 0.05) is 16.9 Å². The molecule has 0 radical (unpaired) electrons. The van der Waals surface area contributed by atoms with Crippen molar-refractivity contribution >= 4 is 27.3 Å². The average Bonchev–Trinajstić information content (AvgIpc) is 2.93. The van der Waals surface area contributed by atoms with Crippen LogP contribution in [-0.4, -0.2) is 9.38 Å². The van der Waals surface area contributed by atoms with Crippen molar-refractivity contribution in [3.05, 3.63) is 64.0 Å². The quantitative estimate of drug-likeness (QED) is 0.706. The van der Waals surface area contributed by atoms with Crippen molar-refractivity contribution in [1.29, 1.82) is 5.26 Å². The number of nitrogens with zero attached hydrogens (tertiary/aromatic N) is 3. The normalized spacial score (nSPS) is 11.5. The van der Waals surface area contributed by atoms with Gasteiger partial charge in [-0.05, 0) is 46.3 Å². The summed E-state index contributed by atoms with van der Waals surface area (Å²) in [5, 5.41) is 12.0. The Hall–Kier alpha value is -2.53. The zero-order chi connectivity index (χ0) is 17.3. The van der Waals surface area contributed by atoms with E-state index in [1.165, 1.54) is 6.07 Å². The van der Waals surface area contributed by atoms with Crippen LogP contribution in [0, 0.1) is 11.3 Å². The highest BCUT2D eigenvalue weighted by atomic mass is 79.9. The van der Waals surface area contributed by atoms with Gasteiger partial charge in [0.15, 0.2) is 0 Å². The summed E-state index contributed by atoms with van der Waals surface area (Å²) in [6.45, 7) is 0.291. The highest BCUT2D eigenvalue weighted by Crippen LogP contribution is 2.31. The summed E-state index contributed by atoms with van der Waals surface area (Å²) in [6, 6.07) is 8.53. The van der Waals surface area contributed by atoms with E-state index in [-0.39, 0.29) is 5.56 Å². The number of rotatable bonds is 3. The number of aromatic nitrogens is 2. The predicted molar refractivity (Wildman–Crippen MR) is 86.4 cm³/mol. The lowest BCUT2D eigenvalue weighted by atomic mass is 10.1.